The number of methoxy groups -OCH3 is 1. The first-order valence-electron chi connectivity index (χ1n) is 18.2. The molecule has 0 amide bonds. The Labute approximate surface area is 276 Å². The molecule has 1 saturated carbocycles. The molecule has 46 heavy (non-hydrogen) atoms. The number of carbonyl (C=O) groups is 2. The van der Waals surface area contributed by atoms with Gasteiger partial charge in [0.2, 0.25) is 0 Å². The van der Waals surface area contributed by atoms with Crippen LogP contribution >= 0.6 is 0 Å². The fraction of sp³-hybridized carbons (Fsp3) is 0.692. The molecular weight excluding hydrogens is 580 g/mol. The van der Waals surface area contributed by atoms with Crippen LogP contribution < -0.4 is 9.47 Å². The minimum Gasteiger partial charge on any atom is -0.493 e. The predicted molar refractivity (Wildman–Crippen MR) is 179 cm³/mol. The van der Waals surface area contributed by atoms with Crippen molar-refractivity contribution in [3.05, 3.63) is 47.2 Å². The summed E-state index contributed by atoms with van der Waals surface area (Å²) in [7, 11) is 1.61. The van der Waals surface area contributed by atoms with Gasteiger partial charge < -0.3 is 24.1 Å². The molecule has 7 heteroatoms. The zero-order valence-electron chi connectivity index (χ0n) is 28.5. The Hall–Kier alpha value is -2.80. The highest BCUT2D eigenvalue weighted by atomic mass is 16.6. The second kappa shape index (κ2) is 15.9. The quantitative estimate of drug-likeness (QED) is 0.0924. The molecule has 0 aromatic heterocycles. The monoisotopic (exact) mass is 636 g/mol. The Morgan fingerprint density at radius 1 is 1.02 bits per heavy atom. The van der Waals surface area contributed by atoms with Crippen LogP contribution in [0.5, 0.6) is 11.5 Å². The highest BCUT2D eigenvalue weighted by molar-refractivity contribution is 5.80. The van der Waals surface area contributed by atoms with E-state index in [-0.39, 0.29) is 11.9 Å². The summed E-state index contributed by atoms with van der Waals surface area (Å²) in [5.41, 5.74) is 0.523. The summed E-state index contributed by atoms with van der Waals surface area (Å²) in [5, 5.41) is 12.2. The molecule has 254 valence electrons. The Bertz CT molecular complexity index is 1270. The van der Waals surface area contributed by atoms with Gasteiger partial charge in [0.05, 0.1) is 18.1 Å². The maximum Gasteiger partial charge on any atom is 0.352 e. The van der Waals surface area contributed by atoms with Gasteiger partial charge in [-0.2, -0.15) is 0 Å². The summed E-state index contributed by atoms with van der Waals surface area (Å²) in [5.74, 6) is 0.769. The maximum absolute atomic E-state index is 13.2. The van der Waals surface area contributed by atoms with Crippen molar-refractivity contribution in [2.45, 2.75) is 159 Å². The standard InChI is InChI=1S/C39H56O7/c1-4-5-6-7-8-9-10-11-12-13-14-15-16-17-18-21-33(40)44-28(2)37(41)45-32-24-26-39(42)30-20-19-25-38(39)34-29(27-30)22-23-31(43-3)35(34)46-36(32)38/h11-12,22-24,28,30,36,42H,4-10,13-21,25-27H2,1-3H3/b12-11-/t28-,30+,36-,38-,39+/m0/s1. The summed E-state index contributed by atoms with van der Waals surface area (Å²) >= 11 is 0. The van der Waals surface area contributed by atoms with Gasteiger partial charge in [-0.25, -0.2) is 4.79 Å². The van der Waals surface area contributed by atoms with Gasteiger partial charge in [-0.3, -0.25) is 4.79 Å². The van der Waals surface area contributed by atoms with Gasteiger partial charge in [0.15, 0.2) is 23.7 Å². The van der Waals surface area contributed by atoms with E-state index in [2.05, 4.69) is 25.1 Å². The second-order valence-electron chi connectivity index (χ2n) is 14.0. The molecule has 1 N–H and O–H groups in total. The fourth-order valence-electron chi connectivity index (χ4n) is 8.53. The van der Waals surface area contributed by atoms with Crippen LogP contribution in [0.4, 0.5) is 0 Å². The third kappa shape index (κ3) is 7.05. The second-order valence-corrected chi connectivity index (χ2v) is 14.0. The largest absolute Gasteiger partial charge is 0.493 e. The summed E-state index contributed by atoms with van der Waals surface area (Å²) in [6, 6.07) is 4.01. The van der Waals surface area contributed by atoms with Gasteiger partial charge in [-0.05, 0) is 88.3 Å². The molecule has 2 bridgehead atoms. The van der Waals surface area contributed by atoms with E-state index in [1.807, 2.05) is 12.1 Å². The van der Waals surface area contributed by atoms with Crippen molar-refractivity contribution in [2.75, 3.05) is 7.11 Å². The lowest BCUT2D eigenvalue weighted by Gasteiger charge is -2.59. The number of ether oxygens (including phenoxy) is 4. The van der Waals surface area contributed by atoms with Crippen LogP contribution in [-0.4, -0.2) is 42.0 Å². The van der Waals surface area contributed by atoms with Gasteiger partial charge in [0.1, 0.15) is 5.76 Å². The molecular formula is C39H56O7. The van der Waals surface area contributed by atoms with Crippen LogP contribution in [-0.2, 0) is 30.9 Å². The smallest absolute Gasteiger partial charge is 0.352 e. The number of unbranched alkanes of at least 4 members (excludes halogenated alkanes) is 11. The van der Waals surface area contributed by atoms with Crippen molar-refractivity contribution in [1.29, 1.82) is 0 Å². The summed E-state index contributed by atoms with van der Waals surface area (Å²) < 4.78 is 23.6. The lowest BCUT2D eigenvalue weighted by molar-refractivity contribution is -0.171. The van der Waals surface area contributed by atoms with E-state index in [4.69, 9.17) is 18.9 Å². The number of rotatable bonds is 19. The molecule has 0 radical (unpaired) electrons. The van der Waals surface area contributed by atoms with Crippen LogP contribution in [0.2, 0.25) is 0 Å². The highest BCUT2D eigenvalue weighted by Gasteiger charge is 2.71. The Morgan fingerprint density at radius 2 is 1.72 bits per heavy atom. The molecule has 7 nitrogen and oxygen atoms in total. The van der Waals surface area contributed by atoms with E-state index >= 15 is 0 Å². The minimum absolute atomic E-state index is 0.115. The van der Waals surface area contributed by atoms with E-state index in [1.54, 1.807) is 14.0 Å². The van der Waals surface area contributed by atoms with Crippen molar-refractivity contribution in [2.24, 2.45) is 5.92 Å². The number of carbonyl (C=O) groups excluding carboxylic acids is 2. The molecule has 3 aliphatic carbocycles. The lowest BCUT2D eigenvalue weighted by Crippen LogP contribution is -2.67. The van der Waals surface area contributed by atoms with E-state index in [0.29, 0.717) is 30.1 Å². The molecule has 1 fully saturated rings. The minimum atomic E-state index is -1.03. The van der Waals surface area contributed by atoms with E-state index in [1.165, 1.54) is 56.9 Å². The van der Waals surface area contributed by atoms with E-state index < -0.39 is 29.2 Å². The summed E-state index contributed by atoms with van der Waals surface area (Å²) in [6.07, 6.45) is 24.5. The molecule has 0 saturated heterocycles. The SMILES string of the molecule is CCCCCCCC/C=C\CCCCCCCC(=O)O[C@@H](C)C(=O)OC1=CC[C@@]2(O)[C@@H]3CCC[C@@]24c2c(ccc(OC)c2O[C@@H]14)C3. The number of benzene rings is 1. The Kier molecular flexibility index (Phi) is 11.9. The molecule has 1 aromatic carbocycles. The third-order valence-corrected chi connectivity index (χ3v) is 11.0. The van der Waals surface area contributed by atoms with Crippen molar-refractivity contribution in [3.8, 4) is 11.5 Å². The van der Waals surface area contributed by atoms with Gasteiger partial charge in [-0.15, -0.1) is 0 Å². The number of hydrogen-bond donors (Lipinski definition) is 1. The predicted octanol–water partition coefficient (Wildman–Crippen LogP) is 8.58. The fourth-order valence-corrected chi connectivity index (χ4v) is 8.53. The highest BCUT2D eigenvalue weighted by Crippen LogP contribution is 2.67. The molecule has 0 unspecified atom stereocenters. The lowest BCUT2D eigenvalue weighted by atomic mass is 9.47. The van der Waals surface area contributed by atoms with Crippen LogP contribution in [0.25, 0.3) is 0 Å². The van der Waals surface area contributed by atoms with Crippen LogP contribution in [0, 0.1) is 5.92 Å². The average Bonchev–Trinajstić information content (AvgIpc) is 3.39. The zero-order valence-corrected chi connectivity index (χ0v) is 28.5. The van der Waals surface area contributed by atoms with E-state index in [0.717, 1.165) is 63.4 Å². The molecule has 1 aliphatic heterocycles. The molecule has 5 rings (SSSR count). The van der Waals surface area contributed by atoms with Crippen molar-refractivity contribution >= 4 is 11.9 Å². The van der Waals surface area contributed by atoms with Crippen LogP contribution in [0.3, 0.4) is 0 Å². The Balaban J connectivity index is 1.03. The molecule has 4 aliphatic rings. The van der Waals surface area contributed by atoms with Gasteiger partial charge in [0, 0.05) is 12.0 Å². The molecule has 5 atom stereocenters. The number of allylic oxidation sites excluding steroid dienone is 2. The van der Waals surface area contributed by atoms with E-state index in [9.17, 15) is 14.7 Å². The molecule has 1 aromatic rings. The van der Waals surface area contributed by atoms with Crippen LogP contribution in [0.15, 0.2) is 36.1 Å². The summed E-state index contributed by atoms with van der Waals surface area (Å²) in [4.78, 5) is 25.7. The molecule has 1 heterocycles. The number of hydrogen-bond acceptors (Lipinski definition) is 7. The number of esters is 2. The topological polar surface area (TPSA) is 91.3 Å². The first-order valence-corrected chi connectivity index (χ1v) is 18.2. The van der Waals surface area contributed by atoms with Crippen molar-refractivity contribution < 1.29 is 33.6 Å². The average molecular weight is 637 g/mol. The van der Waals surface area contributed by atoms with Crippen LogP contribution in [0.1, 0.15) is 141 Å². The normalized spacial score (nSPS) is 26.2. The van der Waals surface area contributed by atoms with Gasteiger partial charge >= 0.3 is 11.9 Å². The Morgan fingerprint density at radius 3 is 2.43 bits per heavy atom. The summed E-state index contributed by atoms with van der Waals surface area (Å²) in [6.45, 7) is 3.81. The molecule has 1 spiro atoms. The maximum atomic E-state index is 13.2. The van der Waals surface area contributed by atoms with Gasteiger partial charge in [0.25, 0.3) is 0 Å². The first kappa shape index (κ1) is 34.5. The van der Waals surface area contributed by atoms with Gasteiger partial charge in [-0.1, -0.05) is 82.9 Å². The van der Waals surface area contributed by atoms with Crippen molar-refractivity contribution in [1.82, 2.24) is 0 Å². The third-order valence-electron chi connectivity index (χ3n) is 11.0. The zero-order chi connectivity index (χ0) is 32.6. The van der Waals surface area contributed by atoms with Crippen molar-refractivity contribution in [3.63, 3.8) is 0 Å². The first-order chi connectivity index (χ1) is 22.4. The number of aliphatic hydroxyl groups is 1.